The van der Waals surface area contributed by atoms with Crippen LogP contribution in [0.5, 0.6) is 5.75 Å². The molecule has 4 rings (SSSR count). The molecule has 0 saturated carbocycles. The van der Waals surface area contributed by atoms with Gasteiger partial charge in [-0.3, -0.25) is 0 Å². The van der Waals surface area contributed by atoms with Crippen molar-refractivity contribution >= 4 is 11.0 Å². The molecule has 3 heterocycles. The summed E-state index contributed by atoms with van der Waals surface area (Å²) in [5.74, 6) is 0.228. The Labute approximate surface area is 145 Å². The smallest absolute Gasteiger partial charge is 0.314 e. The molecule has 3 aromatic heterocycles. The third-order valence-corrected chi connectivity index (χ3v) is 3.65. The number of fused-ring (bicyclic) bond motifs is 1. The fraction of sp³-hybridized carbons (Fsp3) is 0.188. The van der Waals surface area contributed by atoms with Gasteiger partial charge in [0, 0.05) is 19.4 Å². The number of aryl methyl sites for hydroxylation is 1. The van der Waals surface area contributed by atoms with Crippen LogP contribution in [0.25, 0.3) is 22.5 Å². The first-order chi connectivity index (χ1) is 12.6. The first-order valence-electron chi connectivity index (χ1n) is 7.57. The molecule has 0 aliphatic carbocycles. The molecule has 0 spiro atoms. The minimum absolute atomic E-state index is 0.0639. The molecule has 10 heteroatoms. The van der Waals surface area contributed by atoms with E-state index in [0.29, 0.717) is 17.1 Å². The van der Waals surface area contributed by atoms with Gasteiger partial charge in [-0.15, -0.1) is 10.2 Å². The first kappa shape index (κ1) is 16.1. The van der Waals surface area contributed by atoms with Crippen molar-refractivity contribution in [2.24, 2.45) is 7.05 Å². The summed E-state index contributed by atoms with van der Waals surface area (Å²) >= 11 is 0. The van der Waals surface area contributed by atoms with Gasteiger partial charge in [0.2, 0.25) is 0 Å². The summed E-state index contributed by atoms with van der Waals surface area (Å²) in [6.45, 7) is 0.127. The molecule has 0 bridgehead atoms. The minimum Gasteiger partial charge on any atom is -0.483 e. The quantitative estimate of drug-likeness (QED) is 0.541. The zero-order valence-electron chi connectivity index (χ0n) is 13.5. The highest BCUT2D eigenvalue weighted by atomic mass is 19.3. The average Bonchev–Trinajstić information content (AvgIpc) is 3.29. The molecule has 26 heavy (non-hydrogen) atoms. The van der Waals surface area contributed by atoms with Crippen LogP contribution in [0.4, 0.5) is 8.78 Å². The number of aromatic nitrogens is 6. The van der Waals surface area contributed by atoms with E-state index in [4.69, 9.17) is 9.15 Å². The fourth-order valence-corrected chi connectivity index (χ4v) is 2.37. The number of hydrogen-bond acceptors (Lipinski definition) is 7. The van der Waals surface area contributed by atoms with Gasteiger partial charge in [0.1, 0.15) is 17.9 Å². The fourth-order valence-electron chi connectivity index (χ4n) is 2.37. The monoisotopic (exact) mass is 358 g/mol. The highest BCUT2D eigenvalue weighted by Crippen LogP contribution is 2.25. The lowest BCUT2D eigenvalue weighted by molar-refractivity contribution is 0.116. The molecule has 0 radical (unpaired) electrons. The lowest BCUT2D eigenvalue weighted by Crippen LogP contribution is -2.01. The van der Waals surface area contributed by atoms with E-state index in [0.717, 1.165) is 11.0 Å². The van der Waals surface area contributed by atoms with Gasteiger partial charge in [0.05, 0.1) is 17.4 Å². The largest absolute Gasteiger partial charge is 0.483 e. The molecule has 8 nitrogen and oxygen atoms in total. The second-order valence-electron chi connectivity index (χ2n) is 5.40. The lowest BCUT2D eigenvalue weighted by atomic mass is 10.3. The maximum Gasteiger partial charge on any atom is 0.314 e. The number of ether oxygens (including phenoxy) is 1. The molecule has 0 amide bonds. The number of benzene rings is 1. The molecule has 0 aliphatic heterocycles. The summed E-state index contributed by atoms with van der Waals surface area (Å²) in [7, 11) is 1.90. The van der Waals surface area contributed by atoms with Crippen molar-refractivity contribution in [1.82, 2.24) is 29.7 Å². The topological polar surface area (TPSA) is 91.8 Å². The van der Waals surface area contributed by atoms with Crippen LogP contribution in [-0.2, 0) is 13.7 Å². The number of para-hydroxylation sites is 1. The van der Waals surface area contributed by atoms with Crippen LogP contribution >= 0.6 is 0 Å². The number of halogens is 2. The van der Waals surface area contributed by atoms with Crippen LogP contribution in [0.3, 0.4) is 0 Å². The number of rotatable bonds is 5. The standard InChI is InChI=1S/C16H12F2N6O2/c1-24-8-21-13-10(24)3-2-4-11(13)25-7-12-19-5-9(6-20-12)15-22-23-16(26-15)14(17)18/h2-6,8,14H,7H2,1H3. The van der Waals surface area contributed by atoms with Gasteiger partial charge in [-0.25, -0.2) is 15.0 Å². The Morgan fingerprint density at radius 1 is 1.15 bits per heavy atom. The molecule has 0 N–H and O–H groups in total. The van der Waals surface area contributed by atoms with Crippen LogP contribution < -0.4 is 4.74 Å². The Hall–Kier alpha value is -3.43. The zero-order chi connectivity index (χ0) is 18.1. The number of alkyl halides is 2. The second-order valence-corrected chi connectivity index (χ2v) is 5.40. The Morgan fingerprint density at radius 2 is 1.96 bits per heavy atom. The van der Waals surface area contributed by atoms with Gasteiger partial charge < -0.3 is 13.7 Å². The van der Waals surface area contributed by atoms with E-state index in [1.807, 2.05) is 29.8 Å². The summed E-state index contributed by atoms with van der Waals surface area (Å²) in [6.07, 6.45) is 1.71. The van der Waals surface area contributed by atoms with Gasteiger partial charge in [-0.1, -0.05) is 6.07 Å². The molecular weight excluding hydrogens is 346 g/mol. The van der Waals surface area contributed by atoms with Crippen LogP contribution in [-0.4, -0.2) is 29.7 Å². The Balaban J connectivity index is 1.48. The van der Waals surface area contributed by atoms with E-state index in [1.165, 1.54) is 12.4 Å². The summed E-state index contributed by atoms with van der Waals surface area (Å²) in [5.41, 5.74) is 2.04. The highest BCUT2D eigenvalue weighted by Gasteiger charge is 2.17. The van der Waals surface area contributed by atoms with Crippen molar-refractivity contribution in [2.45, 2.75) is 13.0 Å². The van der Waals surface area contributed by atoms with Crippen LogP contribution in [0.15, 0.2) is 41.3 Å². The van der Waals surface area contributed by atoms with Gasteiger partial charge in [-0.2, -0.15) is 8.78 Å². The van der Waals surface area contributed by atoms with Crippen molar-refractivity contribution in [3.8, 4) is 17.2 Å². The lowest BCUT2D eigenvalue weighted by Gasteiger charge is -2.06. The molecule has 0 aliphatic rings. The molecule has 0 atom stereocenters. The van der Waals surface area contributed by atoms with Gasteiger partial charge in [0.15, 0.2) is 5.82 Å². The number of nitrogens with zero attached hydrogens (tertiary/aromatic N) is 6. The Morgan fingerprint density at radius 3 is 2.69 bits per heavy atom. The third-order valence-electron chi connectivity index (χ3n) is 3.65. The SMILES string of the molecule is Cn1cnc2c(OCc3ncc(-c4nnc(C(F)F)o4)cn3)cccc21. The van der Waals surface area contributed by atoms with E-state index in [9.17, 15) is 8.78 Å². The number of hydrogen-bond donors (Lipinski definition) is 0. The van der Waals surface area contributed by atoms with Crippen molar-refractivity contribution < 1.29 is 17.9 Å². The first-order valence-corrected chi connectivity index (χ1v) is 7.57. The van der Waals surface area contributed by atoms with Crippen molar-refractivity contribution in [2.75, 3.05) is 0 Å². The van der Waals surface area contributed by atoms with E-state index in [1.54, 1.807) is 6.33 Å². The summed E-state index contributed by atoms with van der Waals surface area (Å²) in [6, 6.07) is 5.63. The maximum absolute atomic E-state index is 12.5. The second kappa shape index (κ2) is 6.47. The van der Waals surface area contributed by atoms with E-state index < -0.39 is 12.3 Å². The Bertz CT molecular complexity index is 1040. The molecule has 4 aromatic rings. The number of imidazole rings is 1. The van der Waals surface area contributed by atoms with Gasteiger partial charge in [0.25, 0.3) is 11.8 Å². The van der Waals surface area contributed by atoms with Gasteiger partial charge >= 0.3 is 6.43 Å². The van der Waals surface area contributed by atoms with Crippen LogP contribution in [0.2, 0.25) is 0 Å². The molecular formula is C16H12F2N6O2. The molecule has 132 valence electrons. The molecule has 0 unspecified atom stereocenters. The van der Waals surface area contributed by atoms with Gasteiger partial charge in [-0.05, 0) is 12.1 Å². The van der Waals surface area contributed by atoms with Crippen molar-refractivity contribution in [1.29, 1.82) is 0 Å². The normalized spacial score (nSPS) is 11.4. The maximum atomic E-state index is 12.5. The summed E-state index contributed by atoms with van der Waals surface area (Å²) in [4.78, 5) is 12.6. The predicted molar refractivity (Wildman–Crippen MR) is 85.3 cm³/mol. The van der Waals surface area contributed by atoms with E-state index in [2.05, 4.69) is 25.1 Å². The third kappa shape index (κ3) is 2.96. The highest BCUT2D eigenvalue weighted by molar-refractivity contribution is 5.81. The molecule has 0 saturated heterocycles. The van der Waals surface area contributed by atoms with Crippen molar-refractivity contribution in [3.05, 3.63) is 48.6 Å². The van der Waals surface area contributed by atoms with E-state index in [-0.39, 0.29) is 12.5 Å². The summed E-state index contributed by atoms with van der Waals surface area (Å²) < 4.78 is 37.5. The Kier molecular flexibility index (Phi) is 3.99. The van der Waals surface area contributed by atoms with Crippen molar-refractivity contribution in [3.63, 3.8) is 0 Å². The van der Waals surface area contributed by atoms with E-state index >= 15 is 0 Å². The summed E-state index contributed by atoms with van der Waals surface area (Å²) in [5, 5.41) is 6.81. The predicted octanol–water partition coefficient (Wildman–Crippen LogP) is 2.93. The van der Waals surface area contributed by atoms with Crippen LogP contribution in [0.1, 0.15) is 18.1 Å². The minimum atomic E-state index is -2.82. The average molecular weight is 358 g/mol. The van der Waals surface area contributed by atoms with Crippen LogP contribution in [0, 0.1) is 0 Å². The molecule has 1 aromatic carbocycles. The molecule has 0 fully saturated rings. The zero-order valence-corrected chi connectivity index (χ0v) is 13.5.